The minimum absolute atomic E-state index is 0.108. The van der Waals surface area contributed by atoms with E-state index in [0.29, 0.717) is 22.5 Å². The zero-order valence-electron chi connectivity index (χ0n) is 11.6. The molecule has 2 rings (SSSR count). The molecule has 1 heterocycles. The average molecular weight is 282 g/mol. The molecule has 1 aliphatic carbocycles. The molecular formula is C14H20ClN3O. The van der Waals surface area contributed by atoms with Crippen LogP contribution in [0.1, 0.15) is 30.8 Å². The van der Waals surface area contributed by atoms with Gasteiger partial charge in [-0.25, -0.2) is 4.98 Å². The van der Waals surface area contributed by atoms with Crippen LogP contribution in [0.5, 0.6) is 0 Å². The Morgan fingerprint density at radius 3 is 2.84 bits per heavy atom. The van der Waals surface area contributed by atoms with Crippen LogP contribution >= 0.6 is 11.6 Å². The van der Waals surface area contributed by atoms with Crippen molar-refractivity contribution in [1.29, 1.82) is 0 Å². The second-order valence-corrected chi connectivity index (χ2v) is 5.62. The average Bonchev–Trinajstić information content (AvgIpc) is 3.06. The highest BCUT2D eigenvalue weighted by Gasteiger charge is 2.34. The Morgan fingerprint density at radius 2 is 2.26 bits per heavy atom. The number of hydrogen-bond donors (Lipinski definition) is 1. The third kappa shape index (κ3) is 3.38. The van der Waals surface area contributed by atoms with Crippen LogP contribution in [0, 0.1) is 11.8 Å². The van der Waals surface area contributed by atoms with E-state index in [9.17, 15) is 4.79 Å². The number of aromatic nitrogens is 1. The van der Waals surface area contributed by atoms with Crippen molar-refractivity contribution in [2.45, 2.75) is 20.3 Å². The van der Waals surface area contributed by atoms with Crippen LogP contribution in [0.2, 0.25) is 5.02 Å². The fourth-order valence-corrected chi connectivity index (χ4v) is 2.33. The summed E-state index contributed by atoms with van der Waals surface area (Å²) in [7, 11) is 1.81. The van der Waals surface area contributed by atoms with Crippen LogP contribution in [0.25, 0.3) is 0 Å². The highest BCUT2D eigenvalue weighted by molar-refractivity contribution is 6.33. The number of hydrogen-bond acceptors (Lipinski definition) is 3. The Labute approximate surface area is 119 Å². The van der Waals surface area contributed by atoms with Gasteiger partial charge in [-0.15, -0.1) is 0 Å². The predicted octanol–water partition coefficient (Wildman–Crippen LogP) is 2.89. The van der Waals surface area contributed by atoms with Crippen LogP contribution in [0.4, 0.5) is 5.82 Å². The number of nitrogens with one attached hydrogen (secondary N) is 1. The highest BCUT2D eigenvalue weighted by Crippen LogP contribution is 2.38. The second kappa shape index (κ2) is 5.78. The van der Waals surface area contributed by atoms with Gasteiger partial charge in [0.05, 0.1) is 5.02 Å². The van der Waals surface area contributed by atoms with E-state index >= 15 is 0 Å². The van der Waals surface area contributed by atoms with Gasteiger partial charge in [0.25, 0.3) is 5.91 Å². The Bertz CT molecular complexity index is 478. The van der Waals surface area contributed by atoms with Gasteiger partial charge in [0.2, 0.25) is 0 Å². The molecule has 2 atom stereocenters. The smallest absolute Gasteiger partial charge is 0.273 e. The summed E-state index contributed by atoms with van der Waals surface area (Å²) in [6.45, 7) is 5.74. The van der Waals surface area contributed by atoms with Crippen molar-refractivity contribution in [2.24, 2.45) is 11.8 Å². The normalized spacial score (nSPS) is 21.1. The predicted molar refractivity (Wildman–Crippen MR) is 77.6 cm³/mol. The summed E-state index contributed by atoms with van der Waals surface area (Å²) in [6.07, 6.45) is 1.20. The van der Waals surface area contributed by atoms with Gasteiger partial charge >= 0.3 is 0 Å². The molecule has 0 radical (unpaired) electrons. The van der Waals surface area contributed by atoms with Crippen molar-refractivity contribution >= 4 is 23.3 Å². The first-order valence-electron chi connectivity index (χ1n) is 6.68. The van der Waals surface area contributed by atoms with Crippen LogP contribution in [0.15, 0.2) is 12.1 Å². The molecule has 0 aromatic carbocycles. The molecule has 2 unspecified atom stereocenters. The molecule has 19 heavy (non-hydrogen) atoms. The van der Waals surface area contributed by atoms with Gasteiger partial charge in [-0.1, -0.05) is 18.5 Å². The summed E-state index contributed by atoms with van der Waals surface area (Å²) in [4.78, 5) is 18.4. The first kappa shape index (κ1) is 14.1. The number of halogens is 1. The lowest BCUT2D eigenvalue weighted by atomic mass is 10.2. The summed E-state index contributed by atoms with van der Waals surface area (Å²) in [5.74, 6) is 1.93. The lowest BCUT2D eigenvalue weighted by molar-refractivity contribution is 0.0781. The molecule has 1 aromatic heterocycles. The lowest BCUT2D eigenvalue weighted by Crippen LogP contribution is -2.30. The molecule has 5 heteroatoms. The van der Waals surface area contributed by atoms with E-state index in [2.05, 4.69) is 17.2 Å². The minimum atomic E-state index is -0.108. The molecule has 0 bridgehead atoms. The van der Waals surface area contributed by atoms with E-state index in [1.54, 1.807) is 17.0 Å². The molecule has 1 N–H and O–H groups in total. The SMILES string of the molecule is CCNc1ccc(Cl)c(C(=O)N(C)CC2CC2C)n1. The number of carbonyl (C=O) groups is 1. The van der Waals surface area contributed by atoms with E-state index in [4.69, 9.17) is 11.6 Å². The van der Waals surface area contributed by atoms with Crippen molar-refractivity contribution < 1.29 is 4.79 Å². The van der Waals surface area contributed by atoms with E-state index in [0.717, 1.165) is 19.0 Å². The number of rotatable bonds is 5. The highest BCUT2D eigenvalue weighted by atomic mass is 35.5. The van der Waals surface area contributed by atoms with Gasteiger partial charge in [-0.3, -0.25) is 4.79 Å². The summed E-state index contributed by atoms with van der Waals surface area (Å²) < 4.78 is 0. The van der Waals surface area contributed by atoms with E-state index in [1.807, 2.05) is 14.0 Å². The zero-order valence-corrected chi connectivity index (χ0v) is 12.4. The van der Waals surface area contributed by atoms with Crippen molar-refractivity contribution in [3.63, 3.8) is 0 Å². The lowest BCUT2D eigenvalue weighted by Gasteiger charge is -2.17. The minimum Gasteiger partial charge on any atom is -0.370 e. The fourth-order valence-electron chi connectivity index (χ4n) is 2.14. The number of carbonyl (C=O) groups excluding carboxylic acids is 1. The van der Waals surface area contributed by atoms with Gasteiger partial charge in [-0.2, -0.15) is 0 Å². The standard InChI is InChI=1S/C14H20ClN3O/c1-4-16-12-6-5-11(15)13(17-12)14(19)18(3)8-10-7-9(10)2/h5-6,9-10H,4,7-8H2,1-3H3,(H,16,17). The maximum Gasteiger partial charge on any atom is 0.273 e. The van der Waals surface area contributed by atoms with E-state index in [1.165, 1.54) is 6.42 Å². The largest absolute Gasteiger partial charge is 0.370 e. The zero-order chi connectivity index (χ0) is 14.0. The molecule has 1 amide bonds. The molecule has 104 valence electrons. The first-order valence-corrected chi connectivity index (χ1v) is 7.06. The first-order chi connectivity index (χ1) is 9.02. The number of anilines is 1. The van der Waals surface area contributed by atoms with Gasteiger partial charge in [-0.05, 0) is 37.3 Å². The Hall–Kier alpha value is -1.29. The van der Waals surface area contributed by atoms with Gasteiger partial charge in [0, 0.05) is 20.1 Å². The Morgan fingerprint density at radius 1 is 1.58 bits per heavy atom. The molecule has 0 saturated heterocycles. The maximum atomic E-state index is 12.3. The molecule has 4 nitrogen and oxygen atoms in total. The third-order valence-corrected chi connectivity index (χ3v) is 3.84. The summed E-state index contributed by atoms with van der Waals surface area (Å²) >= 11 is 6.08. The fraction of sp³-hybridized carbons (Fsp3) is 0.571. The molecule has 1 fully saturated rings. The summed E-state index contributed by atoms with van der Waals surface area (Å²) in [5, 5.41) is 3.49. The molecule has 1 aliphatic rings. The van der Waals surface area contributed by atoms with Gasteiger partial charge < -0.3 is 10.2 Å². The second-order valence-electron chi connectivity index (χ2n) is 5.22. The summed E-state index contributed by atoms with van der Waals surface area (Å²) in [5.41, 5.74) is 0.330. The third-order valence-electron chi connectivity index (χ3n) is 3.54. The van der Waals surface area contributed by atoms with Crippen molar-refractivity contribution in [3.8, 4) is 0 Å². The molecule has 1 aromatic rings. The van der Waals surface area contributed by atoms with E-state index in [-0.39, 0.29) is 5.91 Å². The van der Waals surface area contributed by atoms with Crippen LogP contribution < -0.4 is 5.32 Å². The van der Waals surface area contributed by atoms with E-state index < -0.39 is 0 Å². The van der Waals surface area contributed by atoms with Crippen LogP contribution in [0.3, 0.4) is 0 Å². The number of pyridine rings is 1. The molecule has 0 aliphatic heterocycles. The monoisotopic (exact) mass is 281 g/mol. The quantitative estimate of drug-likeness (QED) is 0.903. The Kier molecular flexibility index (Phi) is 4.30. The number of nitrogens with zero attached hydrogens (tertiary/aromatic N) is 2. The number of amides is 1. The molecular weight excluding hydrogens is 262 g/mol. The summed E-state index contributed by atoms with van der Waals surface area (Å²) in [6, 6.07) is 3.50. The molecule has 0 spiro atoms. The maximum absolute atomic E-state index is 12.3. The van der Waals surface area contributed by atoms with Crippen molar-refractivity contribution in [2.75, 3.05) is 25.5 Å². The topological polar surface area (TPSA) is 45.2 Å². The van der Waals surface area contributed by atoms with Crippen LogP contribution in [-0.2, 0) is 0 Å². The van der Waals surface area contributed by atoms with Gasteiger partial charge in [0.1, 0.15) is 11.5 Å². The van der Waals surface area contributed by atoms with Crippen molar-refractivity contribution in [3.05, 3.63) is 22.8 Å². The Balaban J connectivity index is 2.10. The van der Waals surface area contributed by atoms with Gasteiger partial charge in [0.15, 0.2) is 0 Å². The van der Waals surface area contributed by atoms with Crippen molar-refractivity contribution in [1.82, 2.24) is 9.88 Å². The molecule has 1 saturated carbocycles. The van der Waals surface area contributed by atoms with Crippen LogP contribution in [-0.4, -0.2) is 35.9 Å².